The molecule has 2 aliphatic heterocycles. The van der Waals surface area contributed by atoms with Crippen LogP contribution in [-0.2, 0) is 4.79 Å². The van der Waals surface area contributed by atoms with Gasteiger partial charge < -0.3 is 4.90 Å². The first-order chi connectivity index (χ1) is 13.0. The smallest absolute Gasteiger partial charge is 0.253 e. The van der Waals surface area contributed by atoms with Gasteiger partial charge in [-0.2, -0.15) is 0 Å². The second-order valence-corrected chi connectivity index (χ2v) is 8.52. The molecule has 2 aliphatic rings. The summed E-state index contributed by atoms with van der Waals surface area (Å²) in [5, 5.41) is 0.536. The zero-order valence-corrected chi connectivity index (χ0v) is 16.1. The molecule has 2 aromatic rings. The third kappa shape index (κ3) is 3.44. The predicted molar refractivity (Wildman–Crippen MR) is 106 cm³/mol. The Morgan fingerprint density at radius 3 is 2.48 bits per heavy atom. The van der Waals surface area contributed by atoms with Crippen LogP contribution in [-0.4, -0.2) is 40.4 Å². The number of amides is 2. The maximum absolute atomic E-state index is 13.3. The fourth-order valence-electron chi connectivity index (χ4n) is 3.75. The largest absolute Gasteiger partial charge is 0.338 e. The van der Waals surface area contributed by atoms with Crippen molar-refractivity contribution in [1.82, 2.24) is 4.90 Å². The molecular formula is C20H18ClFN2O2S. The van der Waals surface area contributed by atoms with Crippen molar-refractivity contribution in [3.8, 4) is 0 Å². The van der Waals surface area contributed by atoms with Crippen molar-refractivity contribution in [1.29, 1.82) is 0 Å². The molecule has 4 rings (SSSR count). The first kappa shape index (κ1) is 18.3. The quantitative estimate of drug-likeness (QED) is 0.753. The minimum atomic E-state index is -0.375. The van der Waals surface area contributed by atoms with Crippen molar-refractivity contribution in [2.75, 3.05) is 23.7 Å². The lowest BCUT2D eigenvalue weighted by Gasteiger charge is -2.44. The van der Waals surface area contributed by atoms with E-state index in [0.717, 1.165) is 0 Å². The molecule has 2 amide bonds. The molecule has 1 spiro atoms. The number of halogens is 2. The maximum Gasteiger partial charge on any atom is 0.253 e. The van der Waals surface area contributed by atoms with E-state index in [9.17, 15) is 14.0 Å². The van der Waals surface area contributed by atoms with Crippen LogP contribution < -0.4 is 4.90 Å². The van der Waals surface area contributed by atoms with Crippen LogP contribution in [0.5, 0.6) is 0 Å². The monoisotopic (exact) mass is 404 g/mol. The summed E-state index contributed by atoms with van der Waals surface area (Å²) in [6.07, 6.45) is 1.35. The molecule has 0 bridgehead atoms. The van der Waals surface area contributed by atoms with E-state index in [4.69, 9.17) is 11.6 Å². The van der Waals surface area contributed by atoms with Crippen LogP contribution in [0.25, 0.3) is 0 Å². The van der Waals surface area contributed by atoms with Crippen LogP contribution in [0.1, 0.15) is 23.2 Å². The van der Waals surface area contributed by atoms with E-state index >= 15 is 0 Å². The number of hydrogen-bond donors (Lipinski definition) is 0. The van der Waals surface area contributed by atoms with Gasteiger partial charge in [0.05, 0.1) is 10.6 Å². The van der Waals surface area contributed by atoms with Gasteiger partial charge in [-0.25, -0.2) is 4.39 Å². The molecule has 7 heteroatoms. The fourth-order valence-corrected chi connectivity index (χ4v) is 5.27. The number of benzene rings is 2. The van der Waals surface area contributed by atoms with Crippen LogP contribution in [0.3, 0.4) is 0 Å². The second kappa shape index (κ2) is 7.17. The number of nitrogens with zero attached hydrogens (tertiary/aromatic N) is 2. The van der Waals surface area contributed by atoms with Gasteiger partial charge in [0.15, 0.2) is 0 Å². The summed E-state index contributed by atoms with van der Waals surface area (Å²) in [5.41, 5.74) is 1.28. The Kier molecular flexibility index (Phi) is 4.86. The molecule has 0 saturated carbocycles. The van der Waals surface area contributed by atoms with Crippen molar-refractivity contribution in [3.63, 3.8) is 0 Å². The van der Waals surface area contributed by atoms with Gasteiger partial charge in [0.2, 0.25) is 5.91 Å². The van der Waals surface area contributed by atoms with Crippen molar-refractivity contribution >= 4 is 40.9 Å². The molecule has 0 unspecified atom stereocenters. The highest BCUT2D eigenvalue weighted by atomic mass is 35.5. The number of rotatable bonds is 2. The number of carbonyl (C=O) groups excluding carboxylic acids is 2. The first-order valence-corrected chi connectivity index (χ1v) is 10.1. The lowest BCUT2D eigenvalue weighted by molar-refractivity contribution is -0.116. The van der Waals surface area contributed by atoms with Crippen LogP contribution in [0.15, 0.2) is 48.5 Å². The van der Waals surface area contributed by atoms with E-state index in [1.807, 2.05) is 4.90 Å². The van der Waals surface area contributed by atoms with Gasteiger partial charge in [-0.05, 0) is 55.3 Å². The van der Waals surface area contributed by atoms with Crippen LogP contribution in [0, 0.1) is 5.82 Å². The SMILES string of the molecule is O=C(c1cccc(Cl)c1)N1CCC2(CC1)SCC(=O)N2c1ccc(F)cc1. The Morgan fingerprint density at radius 1 is 1.11 bits per heavy atom. The summed E-state index contributed by atoms with van der Waals surface area (Å²) < 4.78 is 13.3. The third-order valence-corrected chi connectivity index (χ3v) is 6.86. The molecule has 0 atom stereocenters. The molecule has 4 nitrogen and oxygen atoms in total. The number of likely N-dealkylation sites (tertiary alicyclic amines) is 1. The lowest BCUT2D eigenvalue weighted by atomic mass is 10.00. The Balaban J connectivity index is 1.52. The molecule has 0 N–H and O–H groups in total. The molecule has 2 saturated heterocycles. The van der Waals surface area contributed by atoms with Gasteiger partial charge in [0, 0.05) is 29.4 Å². The fraction of sp³-hybridized carbons (Fsp3) is 0.300. The van der Waals surface area contributed by atoms with Gasteiger partial charge in [-0.1, -0.05) is 17.7 Å². The van der Waals surface area contributed by atoms with Crippen molar-refractivity contribution < 1.29 is 14.0 Å². The molecule has 2 fully saturated rings. The highest BCUT2D eigenvalue weighted by molar-refractivity contribution is 8.02. The average molecular weight is 405 g/mol. The second-order valence-electron chi connectivity index (χ2n) is 6.74. The van der Waals surface area contributed by atoms with Gasteiger partial charge in [0.1, 0.15) is 5.82 Å². The van der Waals surface area contributed by atoms with E-state index in [2.05, 4.69) is 0 Å². The van der Waals surface area contributed by atoms with Gasteiger partial charge >= 0.3 is 0 Å². The summed E-state index contributed by atoms with van der Waals surface area (Å²) in [6, 6.07) is 13.0. The van der Waals surface area contributed by atoms with Crippen LogP contribution in [0.4, 0.5) is 10.1 Å². The van der Waals surface area contributed by atoms with E-state index in [1.165, 1.54) is 12.1 Å². The number of hydrogen-bond acceptors (Lipinski definition) is 3. The summed E-state index contributed by atoms with van der Waals surface area (Å²) in [7, 11) is 0. The van der Waals surface area contributed by atoms with E-state index < -0.39 is 0 Å². The zero-order valence-electron chi connectivity index (χ0n) is 14.5. The van der Waals surface area contributed by atoms with E-state index in [0.29, 0.717) is 48.0 Å². The van der Waals surface area contributed by atoms with Gasteiger partial charge in [-0.3, -0.25) is 14.5 Å². The lowest BCUT2D eigenvalue weighted by Crippen LogP contribution is -2.53. The van der Waals surface area contributed by atoms with Crippen LogP contribution >= 0.6 is 23.4 Å². The van der Waals surface area contributed by atoms with Crippen molar-refractivity contribution in [2.24, 2.45) is 0 Å². The zero-order chi connectivity index (χ0) is 19.0. The molecule has 27 heavy (non-hydrogen) atoms. The first-order valence-electron chi connectivity index (χ1n) is 8.76. The summed E-state index contributed by atoms with van der Waals surface area (Å²) in [6.45, 7) is 1.12. The molecule has 0 aliphatic carbocycles. The normalized spacial score (nSPS) is 19.0. The minimum Gasteiger partial charge on any atom is -0.338 e. The van der Waals surface area contributed by atoms with Crippen molar-refractivity contribution in [2.45, 2.75) is 17.7 Å². The highest BCUT2D eigenvalue weighted by Crippen LogP contribution is 2.46. The van der Waals surface area contributed by atoms with Crippen molar-refractivity contribution in [3.05, 3.63) is 64.9 Å². The predicted octanol–water partition coefficient (Wildman–Crippen LogP) is 4.19. The van der Waals surface area contributed by atoms with E-state index in [1.54, 1.807) is 53.1 Å². The molecule has 2 aromatic carbocycles. The summed E-state index contributed by atoms with van der Waals surface area (Å²) in [5.74, 6) is 0.0601. The summed E-state index contributed by atoms with van der Waals surface area (Å²) in [4.78, 5) is 28.5. The third-order valence-electron chi connectivity index (χ3n) is 5.11. The standard InChI is InChI=1S/C20H18ClFN2O2S/c21-15-3-1-2-14(12-15)19(26)23-10-8-20(9-11-23)24(18(25)13-27-20)17-6-4-16(22)5-7-17/h1-7,12H,8-11,13H2. The Morgan fingerprint density at radius 2 is 1.81 bits per heavy atom. The number of carbonyl (C=O) groups is 2. The van der Waals surface area contributed by atoms with Gasteiger partial charge in [-0.15, -0.1) is 11.8 Å². The summed E-state index contributed by atoms with van der Waals surface area (Å²) >= 11 is 7.61. The molecular weight excluding hydrogens is 387 g/mol. The topological polar surface area (TPSA) is 40.6 Å². The highest BCUT2D eigenvalue weighted by Gasteiger charge is 2.49. The minimum absolute atomic E-state index is 0.0289. The Bertz CT molecular complexity index is 882. The average Bonchev–Trinajstić information content (AvgIpc) is 2.98. The molecule has 140 valence electrons. The molecule has 0 aromatic heterocycles. The number of thioether (sulfide) groups is 1. The number of anilines is 1. The molecule has 2 heterocycles. The number of piperidine rings is 1. The maximum atomic E-state index is 13.3. The Hall–Kier alpha value is -2.05. The van der Waals surface area contributed by atoms with Crippen LogP contribution in [0.2, 0.25) is 5.02 Å². The Labute approximate surface area is 166 Å². The van der Waals surface area contributed by atoms with Gasteiger partial charge in [0.25, 0.3) is 5.91 Å². The molecule has 0 radical (unpaired) electrons. The van der Waals surface area contributed by atoms with E-state index in [-0.39, 0.29) is 22.5 Å².